The van der Waals surface area contributed by atoms with Gasteiger partial charge in [-0.05, 0) is 169 Å². The Morgan fingerprint density at radius 2 is 0.708 bits per heavy atom. The van der Waals surface area contributed by atoms with Crippen LogP contribution in [-0.2, 0) is 5.41 Å². The van der Waals surface area contributed by atoms with Crippen LogP contribution in [0.5, 0.6) is 0 Å². The smallest absolute Gasteiger partial charge is 0.0542 e. The molecule has 13 aromatic rings. The lowest BCUT2D eigenvalue weighted by atomic mass is 9.82. The highest BCUT2D eigenvalue weighted by Gasteiger charge is 2.35. The first kappa shape index (κ1) is 41.8. The zero-order valence-electron chi connectivity index (χ0n) is 40.2. The van der Waals surface area contributed by atoms with Gasteiger partial charge in [0.1, 0.15) is 0 Å². The minimum Gasteiger partial charge on any atom is -0.310 e. The summed E-state index contributed by atoms with van der Waals surface area (Å²) in [7, 11) is 0. The van der Waals surface area contributed by atoms with E-state index < -0.39 is 0 Å². The third kappa shape index (κ3) is 6.58. The summed E-state index contributed by atoms with van der Waals surface area (Å²) >= 11 is 0. The zero-order valence-corrected chi connectivity index (χ0v) is 40.2. The second-order valence-electron chi connectivity index (χ2n) is 19.7. The van der Waals surface area contributed by atoms with Gasteiger partial charge in [-0.15, -0.1) is 0 Å². The minimum absolute atomic E-state index is 0.102. The van der Waals surface area contributed by atoms with Gasteiger partial charge in [0.05, 0.1) is 11.0 Å². The molecule has 3 nitrogen and oxygen atoms in total. The van der Waals surface area contributed by atoms with Crippen molar-refractivity contribution in [3.8, 4) is 27.9 Å². The fourth-order valence-corrected chi connectivity index (χ4v) is 11.9. The number of hydrogen-bond acceptors (Lipinski definition) is 2. The van der Waals surface area contributed by atoms with Crippen molar-refractivity contribution in [2.45, 2.75) is 19.3 Å². The van der Waals surface area contributed by atoms with E-state index in [-0.39, 0.29) is 5.41 Å². The summed E-state index contributed by atoms with van der Waals surface area (Å²) in [6.07, 6.45) is 0. The van der Waals surface area contributed by atoms with Crippen LogP contribution in [0, 0.1) is 0 Å². The molecule has 72 heavy (non-hydrogen) atoms. The molecule has 0 spiro atoms. The maximum absolute atomic E-state index is 2.47. The summed E-state index contributed by atoms with van der Waals surface area (Å²) < 4.78 is 2.47. The van der Waals surface area contributed by atoms with Gasteiger partial charge in [-0.1, -0.05) is 172 Å². The predicted molar refractivity (Wildman–Crippen MR) is 306 cm³/mol. The number of fused-ring (bicyclic) bond motifs is 12. The van der Waals surface area contributed by atoms with E-state index in [0.29, 0.717) is 0 Å². The topological polar surface area (TPSA) is 11.4 Å². The van der Waals surface area contributed by atoms with Gasteiger partial charge in [0.2, 0.25) is 0 Å². The molecule has 1 heterocycles. The van der Waals surface area contributed by atoms with Crippen molar-refractivity contribution in [2.75, 3.05) is 9.80 Å². The molecule has 0 atom stereocenters. The summed E-state index contributed by atoms with van der Waals surface area (Å²) in [5.41, 5.74) is 17.8. The number of benzene rings is 12. The van der Waals surface area contributed by atoms with Gasteiger partial charge in [-0.25, -0.2) is 0 Å². The van der Waals surface area contributed by atoms with Crippen LogP contribution >= 0.6 is 0 Å². The third-order valence-electron chi connectivity index (χ3n) is 15.3. The van der Waals surface area contributed by atoms with Crippen LogP contribution in [0.25, 0.3) is 82.1 Å². The molecule has 0 fully saturated rings. The first-order valence-electron chi connectivity index (χ1n) is 25.0. The maximum atomic E-state index is 2.47. The summed E-state index contributed by atoms with van der Waals surface area (Å²) in [5, 5.41) is 10.0. The Kier molecular flexibility index (Phi) is 9.56. The number of aromatic nitrogens is 1. The van der Waals surface area contributed by atoms with E-state index in [1.807, 2.05) is 0 Å². The summed E-state index contributed by atoms with van der Waals surface area (Å²) in [6.45, 7) is 4.71. The Bertz CT molecular complexity index is 4150. The molecule has 1 aliphatic rings. The van der Waals surface area contributed by atoms with Gasteiger partial charge >= 0.3 is 0 Å². The van der Waals surface area contributed by atoms with Crippen LogP contribution < -0.4 is 9.80 Å². The molecule has 0 saturated carbocycles. The Morgan fingerprint density at radius 1 is 0.278 bits per heavy atom. The van der Waals surface area contributed by atoms with Gasteiger partial charge < -0.3 is 14.4 Å². The average Bonchev–Trinajstić information content (AvgIpc) is 3.89. The molecule has 340 valence electrons. The van der Waals surface area contributed by atoms with Gasteiger partial charge in [-0.2, -0.15) is 0 Å². The van der Waals surface area contributed by atoms with Gasteiger partial charge in [0.25, 0.3) is 0 Å². The Balaban J connectivity index is 0.930. The van der Waals surface area contributed by atoms with Crippen LogP contribution in [0.4, 0.5) is 34.1 Å². The van der Waals surface area contributed by atoms with E-state index in [9.17, 15) is 0 Å². The number of nitrogens with zero attached hydrogens (tertiary/aromatic N) is 3. The predicted octanol–water partition coefficient (Wildman–Crippen LogP) is 19.2. The summed E-state index contributed by atoms with van der Waals surface area (Å²) in [6, 6.07) is 95.9. The largest absolute Gasteiger partial charge is 0.310 e. The SMILES string of the molecule is CC1(C)c2ccccc2-c2ccc(N(c3ccccc3)c3ccc(-c4ccc5c(c4)c4cc(N(c6ccccc6)c6ccccc6)ccc4n5-c4ccc5c6ccccc6c6ccccc6c5c4)cc3)cc21. The van der Waals surface area contributed by atoms with Gasteiger partial charge in [-0.3, -0.25) is 0 Å². The van der Waals surface area contributed by atoms with E-state index in [2.05, 4.69) is 289 Å². The van der Waals surface area contributed by atoms with Crippen molar-refractivity contribution >= 4 is 88.2 Å². The number of anilines is 6. The molecule has 1 aromatic heterocycles. The number of rotatable bonds is 8. The summed E-state index contributed by atoms with van der Waals surface area (Å²) in [5.74, 6) is 0. The van der Waals surface area contributed by atoms with Crippen molar-refractivity contribution in [1.82, 2.24) is 4.57 Å². The molecule has 0 bridgehead atoms. The van der Waals surface area contributed by atoms with Crippen molar-refractivity contribution in [3.05, 3.63) is 272 Å². The molecule has 0 saturated heterocycles. The second kappa shape index (κ2) is 16.5. The minimum atomic E-state index is -0.102. The van der Waals surface area contributed by atoms with E-state index in [1.54, 1.807) is 0 Å². The molecule has 0 amide bonds. The maximum Gasteiger partial charge on any atom is 0.0542 e. The highest BCUT2D eigenvalue weighted by molar-refractivity contribution is 6.25. The van der Waals surface area contributed by atoms with Crippen LogP contribution in [0.2, 0.25) is 0 Å². The fraction of sp³-hybridized carbons (Fsp3) is 0.0435. The van der Waals surface area contributed by atoms with Crippen LogP contribution in [-0.4, -0.2) is 4.57 Å². The summed E-state index contributed by atoms with van der Waals surface area (Å²) in [4.78, 5) is 4.75. The number of hydrogen-bond donors (Lipinski definition) is 0. The standard InChI is InChI=1S/C69H49N3/c1-69(2)65-29-17-16-28-60(65)61-39-36-54(45-66(61)69)71(50-22-10-5-11-23-50)51-33-30-46(31-34-51)47-32-40-67-63(42-47)64-44-52(70(48-18-6-3-7-19-48)49-20-8-4-9-21-49)37-41-68(64)72(67)53-35-38-59-57-26-13-12-24-55(57)56-25-14-15-27-58(56)62(59)43-53/h3-45H,1-2H3. The molecule has 12 aromatic carbocycles. The van der Waals surface area contributed by atoms with Crippen molar-refractivity contribution in [1.29, 1.82) is 0 Å². The monoisotopic (exact) mass is 919 g/mol. The molecule has 0 radical (unpaired) electrons. The lowest BCUT2D eigenvalue weighted by molar-refractivity contribution is 0.660. The average molecular weight is 920 g/mol. The van der Waals surface area contributed by atoms with E-state index in [0.717, 1.165) is 56.4 Å². The Morgan fingerprint density at radius 3 is 1.32 bits per heavy atom. The van der Waals surface area contributed by atoms with Crippen LogP contribution in [0.3, 0.4) is 0 Å². The zero-order chi connectivity index (χ0) is 47.9. The van der Waals surface area contributed by atoms with Gasteiger partial charge in [0.15, 0.2) is 0 Å². The third-order valence-corrected chi connectivity index (χ3v) is 15.3. The van der Waals surface area contributed by atoms with Crippen LogP contribution in [0.1, 0.15) is 25.0 Å². The van der Waals surface area contributed by atoms with E-state index >= 15 is 0 Å². The molecular formula is C69H49N3. The van der Waals surface area contributed by atoms with Crippen LogP contribution in [0.15, 0.2) is 261 Å². The second-order valence-corrected chi connectivity index (χ2v) is 19.7. The lowest BCUT2D eigenvalue weighted by Gasteiger charge is -2.28. The van der Waals surface area contributed by atoms with Crippen molar-refractivity contribution in [2.24, 2.45) is 0 Å². The first-order valence-corrected chi connectivity index (χ1v) is 25.0. The van der Waals surface area contributed by atoms with E-state index in [1.165, 1.54) is 70.9 Å². The highest BCUT2D eigenvalue weighted by atomic mass is 15.1. The molecule has 0 aliphatic heterocycles. The molecule has 1 aliphatic carbocycles. The Hall–Kier alpha value is -9.18. The molecule has 3 heteroatoms. The Labute approximate surface area is 419 Å². The fourth-order valence-electron chi connectivity index (χ4n) is 11.9. The van der Waals surface area contributed by atoms with Gasteiger partial charge in [0, 0.05) is 56.0 Å². The molecule has 14 rings (SSSR count). The van der Waals surface area contributed by atoms with E-state index in [4.69, 9.17) is 0 Å². The van der Waals surface area contributed by atoms with Crippen molar-refractivity contribution in [3.63, 3.8) is 0 Å². The highest BCUT2D eigenvalue weighted by Crippen LogP contribution is 2.51. The molecular weight excluding hydrogens is 871 g/mol. The van der Waals surface area contributed by atoms with Crippen molar-refractivity contribution < 1.29 is 0 Å². The normalized spacial score (nSPS) is 12.7. The molecule has 0 unspecified atom stereocenters. The first-order chi connectivity index (χ1) is 35.5. The molecule has 0 N–H and O–H groups in total. The lowest BCUT2D eigenvalue weighted by Crippen LogP contribution is -2.16. The quantitative estimate of drug-likeness (QED) is 0.141. The number of para-hydroxylation sites is 3.